The van der Waals surface area contributed by atoms with E-state index in [9.17, 15) is 4.79 Å². The quantitative estimate of drug-likeness (QED) is 0.699. The Morgan fingerprint density at radius 1 is 1.17 bits per heavy atom. The maximum Gasteiger partial charge on any atom is 0.196 e. The van der Waals surface area contributed by atoms with E-state index in [2.05, 4.69) is 15.9 Å². The highest BCUT2D eigenvalue weighted by Gasteiger charge is 2.14. The number of carbonyl (C=O) groups excluding carboxylic acids is 1. The van der Waals surface area contributed by atoms with Gasteiger partial charge in [-0.15, -0.1) is 0 Å². The Morgan fingerprint density at radius 2 is 1.83 bits per heavy atom. The van der Waals surface area contributed by atoms with Gasteiger partial charge in [-0.1, -0.05) is 15.9 Å². The Kier molecular flexibility index (Phi) is 3.67. The predicted molar refractivity (Wildman–Crippen MR) is 75.0 cm³/mol. The molecule has 2 N–H and O–H groups in total. The summed E-state index contributed by atoms with van der Waals surface area (Å²) in [4.78, 5) is 12.3. The molecule has 0 saturated carbocycles. The molecule has 0 bridgehead atoms. The first-order chi connectivity index (χ1) is 8.61. The molecule has 0 aliphatic heterocycles. The number of ketones is 1. The van der Waals surface area contributed by atoms with Gasteiger partial charge in [-0.25, -0.2) is 0 Å². The van der Waals surface area contributed by atoms with Gasteiger partial charge in [0.2, 0.25) is 0 Å². The number of hydrogen-bond donors (Lipinski definition) is 1. The summed E-state index contributed by atoms with van der Waals surface area (Å²) in [6.07, 6.45) is 0. The molecule has 0 amide bonds. The second-order valence-corrected chi connectivity index (χ2v) is 4.71. The van der Waals surface area contributed by atoms with Crippen LogP contribution < -0.4 is 10.5 Å². The van der Waals surface area contributed by atoms with Crippen molar-refractivity contribution >= 4 is 27.4 Å². The Labute approximate surface area is 114 Å². The molecule has 0 radical (unpaired) electrons. The maximum atomic E-state index is 12.3. The van der Waals surface area contributed by atoms with Crippen molar-refractivity contribution < 1.29 is 9.53 Å². The molecule has 0 heterocycles. The summed E-state index contributed by atoms with van der Waals surface area (Å²) in [6.45, 7) is 0. The number of hydrogen-bond acceptors (Lipinski definition) is 3. The van der Waals surface area contributed by atoms with E-state index in [-0.39, 0.29) is 5.78 Å². The van der Waals surface area contributed by atoms with Crippen LogP contribution in [0.2, 0.25) is 0 Å². The zero-order valence-electron chi connectivity index (χ0n) is 9.81. The molecule has 0 atom stereocenters. The Morgan fingerprint density at radius 3 is 2.44 bits per heavy atom. The van der Waals surface area contributed by atoms with E-state index >= 15 is 0 Å². The number of nitrogen functional groups attached to an aromatic ring is 1. The van der Waals surface area contributed by atoms with Gasteiger partial charge in [0.25, 0.3) is 0 Å². The van der Waals surface area contributed by atoms with Crippen molar-refractivity contribution in [3.05, 3.63) is 58.1 Å². The lowest BCUT2D eigenvalue weighted by atomic mass is 10.0. The number of methoxy groups -OCH3 is 1. The van der Waals surface area contributed by atoms with Gasteiger partial charge in [-0.2, -0.15) is 0 Å². The fraction of sp³-hybridized carbons (Fsp3) is 0.0714. The molecule has 0 aliphatic carbocycles. The van der Waals surface area contributed by atoms with E-state index in [1.165, 1.54) is 7.11 Å². The molecule has 4 heteroatoms. The van der Waals surface area contributed by atoms with E-state index in [4.69, 9.17) is 10.5 Å². The number of anilines is 1. The molecule has 2 aromatic carbocycles. The van der Waals surface area contributed by atoms with Crippen LogP contribution in [0.25, 0.3) is 0 Å². The lowest BCUT2D eigenvalue weighted by Crippen LogP contribution is -2.04. The molecule has 3 nitrogen and oxygen atoms in total. The highest BCUT2D eigenvalue weighted by molar-refractivity contribution is 9.10. The molecular weight excluding hydrogens is 294 g/mol. The van der Waals surface area contributed by atoms with E-state index in [1.807, 2.05) is 12.1 Å². The maximum absolute atomic E-state index is 12.3. The third-order valence-electron chi connectivity index (χ3n) is 2.57. The fourth-order valence-corrected chi connectivity index (χ4v) is 1.92. The number of rotatable bonds is 3. The van der Waals surface area contributed by atoms with Crippen LogP contribution in [-0.4, -0.2) is 12.9 Å². The van der Waals surface area contributed by atoms with Crippen molar-refractivity contribution in [2.45, 2.75) is 0 Å². The summed E-state index contributed by atoms with van der Waals surface area (Å²) in [5, 5.41) is 0. The number of benzene rings is 2. The van der Waals surface area contributed by atoms with Crippen molar-refractivity contribution in [2.24, 2.45) is 0 Å². The normalized spacial score (nSPS) is 10.1. The van der Waals surface area contributed by atoms with E-state index in [0.717, 1.165) is 4.47 Å². The largest absolute Gasteiger partial charge is 0.496 e. The van der Waals surface area contributed by atoms with Gasteiger partial charge >= 0.3 is 0 Å². The Hall–Kier alpha value is -1.81. The lowest BCUT2D eigenvalue weighted by molar-refractivity contribution is 0.103. The van der Waals surface area contributed by atoms with Crippen LogP contribution in [0.4, 0.5) is 5.69 Å². The monoisotopic (exact) mass is 305 g/mol. The molecule has 2 rings (SSSR count). The second kappa shape index (κ2) is 5.23. The number of carbonyl (C=O) groups is 1. The molecule has 18 heavy (non-hydrogen) atoms. The first kappa shape index (κ1) is 12.6. The first-order valence-electron chi connectivity index (χ1n) is 5.35. The summed E-state index contributed by atoms with van der Waals surface area (Å²) in [7, 11) is 1.53. The molecule has 2 aromatic rings. The average Bonchev–Trinajstić information content (AvgIpc) is 2.39. The molecule has 0 aromatic heterocycles. The standard InChI is InChI=1S/C14H12BrNO2/c1-18-13-7-6-11(16)8-12(13)14(17)9-2-4-10(15)5-3-9/h2-8H,16H2,1H3. The fourth-order valence-electron chi connectivity index (χ4n) is 1.66. The van der Waals surface area contributed by atoms with Crippen LogP contribution in [0.3, 0.4) is 0 Å². The summed E-state index contributed by atoms with van der Waals surface area (Å²) in [5.74, 6) is 0.420. The summed E-state index contributed by atoms with van der Waals surface area (Å²) in [6, 6.07) is 12.2. The smallest absolute Gasteiger partial charge is 0.196 e. The minimum absolute atomic E-state index is 0.105. The van der Waals surface area contributed by atoms with Gasteiger partial charge in [0, 0.05) is 15.7 Å². The van der Waals surface area contributed by atoms with Crippen molar-refractivity contribution in [1.29, 1.82) is 0 Å². The van der Waals surface area contributed by atoms with Gasteiger partial charge in [0.1, 0.15) is 5.75 Å². The van der Waals surface area contributed by atoms with Crippen LogP contribution in [0.1, 0.15) is 15.9 Å². The SMILES string of the molecule is COc1ccc(N)cc1C(=O)c1ccc(Br)cc1. The van der Waals surface area contributed by atoms with Gasteiger partial charge in [0.15, 0.2) is 5.78 Å². The van der Waals surface area contributed by atoms with Gasteiger partial charge in [-0.3, -0.25) is 4.79 Å². The average molecular weight is 306 g/mol. The number of halogens is 1. The van der Waals surface area contributed by atoms with E-state index in [0.29, 0.717) is 22.6 Å². The van der Waals surface area contributed by atoms with Gasteiger partial charge in [0.05, 0.1) is 12.7 Å². The van der Waals surface area contributed by atoms with E-state index in [1.54, 1.807) is 30.3 Å². The molecule has 0 unspecified atom stereocenters. The van der Waals surface area contributed by atoms with Crippen molar-refractivity contribution in [3.63, 3.8) is 0 Å². The second-order valence-electron chi connectivity index (χ2n) is 3.80. The highest BCUT2D eigenvalue weighted by atomic mass is 79.9. The zero-order valence-corrected chi connectivity index (χ0v) is 11.4. The van der Waals surface area contributed by atoms with Crippen LogP contribution in [-0.2, 0) is 0 Å². The molecule has 0 fully saturated rings. The summed E-state index contributed by atoms with van der Waals surface area (Å²) < 4.78 is 6.11. The lowest BCUT2D eigenvalue weighted by Gasteiger charge is -2.08. The third kappa shape index (κ3) is 2.54. The minimum atomic E-state index is -0.105. The Bertz CT molecular complexity index is 579. The zero-order chi connectivity index (χ0) is 13.1. The highest BCUT2D eigenvalue weighted by Crippen LogP contribution is 2.24. The van der Waals surface area contributed by atoms with Crippen molar-refractivity contribution in [3.8, 4) is 5.75 Å². The minimum Gasteiger partial charge on any atom is -0.496 e. The van der Waals surface area contributed by atoms with Crippen LogP contribution in [0, 0.1) is 0 Å². The molecular formula is C14H12BrNO2. The Balaban J connectivity index is 2.45. The van der Waals surface area contributed by atoms with Gasteiger partial charge < -0.3 is 10.5 Å². The van der Waals surface area contributed by atoms with Gasteiger partial charge in [-0.05, 0) is 42.5 Å². The molecule has 92 valence electrons. The summed E-state index contributed by atoms with van der Waals surface area (Å²) >= 11 is 3.33. The molecule has 0 aliphatic rings. The van der Waals surface area contributed by atoms with Crippen LogP contribution >= 0.6 is 15.9 Å². The van der Waals surface area contributed by atoms with Crippen LogP contribution in [0.5, 0.6) is 5.75 Å². The summed E-state index contributed by atoms with van der Waals surface area (Å²) in [5.41, 5.74) is 7.32. The third-order valence-corrected chi connectivity index (χ3v) is 3.10. The topological polar surface area (TPSA) is 52.3 Å². The number of ether oxygens (including phenoxy) is 1. The molecule has 0 spiro atoms. The first-order valence-corrected chi connectivity index (χ1v) is 6.15. The number of nitrogens with two attached hydrogens (primary N) is 1. The van der Waals surface area contributed by atoms with E-state index < -0.39 is 0 Å². The van der Waals surface area contributed by atoms with Crippen molar-refractivity contribution in [2.75, 3.05) is 12.8 Å². The predicted octanol–water partition coefficient (Wildman–Crippen LogP) is 3.27. The van der Waals surface area contributed by atoms with Crippen molar-refractivity contribution in [1.82, 2.24) is 0 Å². The molecule has 0 saturated heterocycles. The van der Waals surface area contributed by atoms with Crippen LogP contribution in [0.15, 0.2) is 46.9 Å².